The van der Waals surface area contributed by atoms with Crippen molar-refractivity contribution in [3.8, 4) is 0 Å². The molecule has 2 unspecified atom stereocenters. The summed E-state index contributed by atoms with van der Waals surface area (Å²) in [5.41, 5.74) is -0.239. The molecule has 2 rings (SSSR count). The van der Waals surface area contributed by atoms with Gasteiger partial charge in [-0.05, 0) is 31.0 Å². The van der Waals surface area contributed by atoms with Gasteiger partial charge >= 0.3 is 12.1 Å². The molecule has 0 spiro atoms. The zero-order valence-electron chi connectivity index (χ0n) is 14.6. The van der Waals surface area contributed by atoms with E-state index < -0.39 is 48.1 Å². The first kappa shape index (κ1) is 20.9. The van der Waals surface area contributed by atoms with Crippen molar-refractivity contribution in [3.05, 3.63) is 29.6 Å². The number of anilines is 1. The largest absolute Gasteiger partial charge is 0.457 e. The molecule has 0 bridgehead atoms. The lowest BCUT2D eigenvalue weighted by atomic mass is 9.79. The monoisotopic (exact) mass is 389 g/mol. The van der Waals surface area contributed by atoms with E-state index in [4.69, 9.17) is 4.74 Å². The number of hydrogen-bond acceptors (Lipinski definition) is 4. The summed E-state index contributed by atoms with van der Waals surface area (Å²) >= 11 is 0. The zero-order valence-corrected chi connectivity index (χ0v) is 14.6. The summed E-state index contributed by atoms with van der Waals surface area (Å²) in [4.78, 5) is 35.0. The predicted molar refractivity (Wildman–Crippen MR) is 87.5 cm³/mol. The van der Waals surface area contributed by atoms with Crippen LogP contribution in [0.5, 0.6) is 0 Å². The molecule has 1 aliphatic carbocycles. The van der Waals surface area contributed by atoms with Crippen molar-refractivity contribution >= 4 is 23.3 Å². The molecular weight excluding hydrogens is 370 g/mol. The second-order valence-corrected chi connectivity index (χ2v) is 6.45. The Balaban J connectivity index is 2.00. The minimum Gasteiger partial charge on any atom is -0.457 e. The molecule has 9 heteroatoms. The molecule has 1 aromatic carbocycles. The minimum atomic E-state index is -4.51. The van der Waals surface area contributed by atoms with Gasteiger partial charge in [-0.1, -0.05) is 12.8 Å². The highest BCUT2D eigenvalue weighted by Crippen LogP contribution is 2.41. The van der Waals surface area contributed by atoms with Crippen LogP contribution >= 0.6 is 0 Å². The van der Waals surface area contributed by atoms with E-state index in [9.17, 15) is 31.9 Å². The SMILES string of the molecule is CC(=O)Nc1ccc(C(=O)COC(=O)C2CCCCC2C(F)(F)F)c(F)c1. The topological polar surface area (TPSA) is 72.5 Å². The molecule has 148 valence electrons. The number of hydrogen-bond donors (Lipinski definition) is 1. The molecule has 1 saturated carbocycles. The molecule has 0 radical (unpaired) electrons. The third-order valence-electron chi connectivity index (χ3n) is 4.42. The van der Waals surface area contributed by atoms with E-state index in [0.717, 1.165) is 12.1 Å². The van der Waals surface area contributed by atoms with Gasteiger partial charge in [-0.15, -0.1) is 0 Å². The lowest BCUT2D eigenvalue weighted by molar-refractivity contribution is -0.204. The van der Waals surface area contributed by atoms with Crippen molar-refractivity contribution in [2.75, 3.05) is 11.9 Å². The van der Waals surface area contributed by atoms with E-state index in [2.05, 4.69) is 5.32 Å². The molecule has 1 aliphatic rings. The second kappa shape index (κ2) is 8.49. The van der Waals surface area contributed by atoms with Crippen LogP contribution in [0.3, 0.4) is 0 Å². The molecule has 1 N–H and O–H groups in total. The molecule has 5 nitrogen and oxygen atoms in total. The second-order valence-electron chi connectivity index (χ2n) is 6.45. The van der Waals surface area contributed by atoms with Gasteiger partial charge in [0.15, 0.2) is 6.61 Å². The highest BCUT2D eigenvalue weighted by Gasteiger charge is 2.48. The summed E-state index contributed by atoms with van der Waals surface area (Å²) in [6.07, 6.45) is -3.79. The Hall–Kier alpha value is -2.45. The van der Waals surface area contributed by atoms with Gasteiger partial charge in [-0.25, -0.2) is 4.39 Å². The Bertz CT molecular complexity index is 733. The first-order valence-electron chi connectivity index (χ1n) is 8.43. The summed E-state index contributed by atoms with van der Waals surface area (Å²) in [7, 11) is 0. The molecule has 0 heterocycles. The summed E-state index contributed by atoms with van der Waals surface area (Å²) < 4.78 is 57.9. The first-order valence-corrected chi connectivity index (χ1v) is 8.43. The fraction of sp³-hybridized carbons (Fsp3) is 0.500. The van der Waals surface area contributed by atoms with Gasteiger partial charge in [0.05, 0.1) is 17.4 Å². The third-order valence-corrected chi connectivity index (χ3v) is 4.42. The van der Waals surface area contributed by atoms with E-state index in [-0.39, 0.29) is 24.1 Å². The van der Waals surface area contributed by atoms with E-state index in [0.29, 0.717) is 12.8 Å². The maximum atomic E-state index is 14.0. The standard InChI is InChI=1S/C18H19F4NO4/c1-10(24)23-11-6-7-13(15(19)8-11)16(25)9-27-17(26)12-4-2-3-5-14(12)18(20,21)22/h6-8,12,14H,2-5,9H2,1H3,(H,23,24). The number of carbonyl (C=O) groups excluding carboxylic acids is 3. The Morgan fingerprint density at radius 2 is 1.85 bits per heavy atom. The van der Waals surface area contributed by atoms with Gasteiger partial charge in [0.2, 0.25) is 11.7 Å². The third kappa shape index (κ3) is 5.51. The number of rotatable bonds is 5. The summed E-state index contributed by atoms with van der Waals surface area (Å²) in [5.74, 6) is -6.47. The number of halogens is 4. The maximum Gasteiger partial charge on any atom is 0.392 e. The summed E-state index contributed by atoms with van der Waals surface area (Å²) in [6.45, 7) is 0.381. The number of carbonyl (C=O) groups is 3. The van der Waals surface area contributed by atoms with Gasteiger partial charge in [-0.2, -0.15) is 13.2 Å². The lowest BCUT2D eigenvalue weighted by Gasteiger charge is -2.31. The predicted octanol–water partition coefficient (Wildman–Crippen LogP) is 3.88. The molecule has 0 aliphatic heterocycles. The average molecular weight is 389 g/mol. The van der Waals surface area contributed by atoms with E-state index in [1.807, 2.05) is 0 Å². The van der Waals surface area contributed by atoms with Crippen LogP contribution in [-0.4, -0.2) is 30.4 Å². The Morgan fingerprint density at radius 3 is 2.44 bits per heavy atom. The van der Waals surface area contributed by atoms with Crippen molar-refractivity contribution in [3.63, 3.8) is 0 Å². The Labute approximate surface area is 153 Å². The number of esters is 1. The number of ketones is 1. The fourth-order valence-corrected chi connectivity index (χ4v) is 3.15. The quantitative estimate of drug-likeness (QED) is 0.471. The molecule has 1 aromatic rings. The van der Waals surface area contributed by atoms with Gasteiger partial charge < -0.3 is 10.1 Å². The normalized spacial score (nSPS) is 20.0. The van der Waals surface area contributed by atoms with Gasteiger partial charge in [0.1, 0.15) is 5.82 Å². The fourth-order valence-electron chi connectivity index (χ4n) is 3.15. The smallest absolute Gasteiger partial charge is 0.392 e. The number of ether oxygens (including phenoxy) is 1. The number of amides is 1. The van der Waals surface area contributed by atoms with Crippen LogP contribution in [0, 0.1) is 17.7 Å². The summed E-state index contributed by atoms with van der Waals surface area (Å²) in [5, 5.41) is 2.34. The molecule has 0 aromatic heterocycles. The highest BCUT2D eigenvalue weighted by molar-refractivity contribution is 5.99. The molecule has 2 atom stereocenters. The van der Waals surface area contributed by atoms with Crippen LogP contribution < -0.4 is 5.32 Å². The van der Waals surface area contributed by atoms with Crippen LogP contribution in [0.4, 0.5) is 23.2 Å². The van der Waals surface area contributed by atoms with Crippen molar-refractivity contribution in [1.82, 2.24) is 0 Å². The first-order chi connectivity index (χ1) is 12.6. The Morgan fingerprint density at radius 1 is 1.19 bits per heavy atom. The van der Waals surface area contributed by atoms with Crippen molar-refractivity contribution in [2.24, 2.45) is 11.8 Å². The van der Waals surface area contributed by atoms with Gasteiger partial charge in [0.25, 0.3) is 0 Å². The number of nitrogens with one attached hydrogen (secondary N) is 1. The van der Waals surface area contributed by atoms with Crippen LogP contribution in [0.1, 0.15) is 43.0 Å². The van der Waals surface area contributed by atoms with E-state index in [1.165, 1.54) is 13.0 Å². The number of alkyl halides is 3. The van der Waals surface area contributed by atoms with Gasteiger partial charge in [-0.3, -0.25) is 14.4 Å². The Kier molecular flexibility index (Phi) is 6.56. The van der Waals surface area contributed by atoms with E-state index >= 15 is 0 Å². The minimum absolute atomic E-state index is 0.0387. The van der Waals surface area contributed by atoms with Crippen molar-refractivity contribution < 1.29 is 36.7 Å². The molecule has 27 heavy (non-hydrogen) atoms. The molecule has 1 amide bonds. The highest BCUT2D eigenvalue weighted by atomic mass is 19.4. The molecule has 0 saturated heterocycles. The van der Waals surface area contributed by atoms with Crippen LogP contribution in [-0.2, 0) is 14.3 Å². The molecule has 1 fully saturated rings. The average Bonchev–Trinajstić information content (AvgIpc) is 2.58. The maximum absolute atomic E-state index is 14.0. The molecular formula is C18H19F4NO4. The van der Waals surface area contributed by atoms with Crippen LogP contribution in [0.25, 0.3) is 0 Å². The van der Waals surface area contributed by atoms with E-state index in [1.54, 1.807) is 0 Å². The van der Waals surface area contributed by atoms with Crippen LogP contribution in [0.15, 0.2) is 18.2 Å². The van der Waals surface area contributed by atoms with Gasteiger partial charge in [0, 0.05) is 12.6 Å². The lowest BCUT2D eigenvalue weighted by Crippen LogP contribution is -2.38. The number of Topliss-reactive ketones (excluding diaryl/α,β-unsaturated/α-hetero) is 1. The zero-order chi connectivity index (χ0) is 20.2. The number of benzene rings is 1. The van der Waals surface area contributed by atoms with Crippen LogP contribution in [0.2, 0.25) is 0 Å². The van der Waals surface area contributed by atoms with Crippen molar-refractivity contribution in [2.45, 2.75) is 38.8 Å². The summed E-state index contributed by atoms with van der Waals surface area (Å²) in [6, 6.07) is 3.33. The van der Waals surface area contributed by atoms with Crippen molar-refractivity contribution in [1.29, 1.82) is 0 Å².